The summed E-state index contributed by atoms with van der Waals surface area (Å²) in [4.78, 5) is 0. The summed E-state index contributed by atoms with van der Waals surface area (Å²) in [6.07, 6.45) is 5.51. The Hall–Kier alpha value is -1.06. The van der Waals surface area contributed by atoms with Crippen molar-refractivity contribution in [1.82, 2.24) is 10.6 Å². The van der Waals surface area contributed by atoms with Crippen LogP contribution >= 0.6 is 24.8 Å². The van der Waals surface area contributed by atoms with Gasteiger partial charge in [-0.15, -0.1) is 24.8 Å². The largest absolute Gasteiger partial charge is 0.312 e. The summed E-state index contributed by atoms with van der Waals surface area (Å²) in [6, 6.07) is 13.5. The fourth-order valence-corrected chi connectivity index (χ4v) is 4.58. The van der Waals surface area contributed by atoms with Gasteiger partial charge in [0.1, 0.15) is 0 Å². The van der Waals surface area contributed by atoms with E-state index in [4.69, 9.17) is 0 Å². The molecule has 4 heteroatoms. The molecule has 168 valence electrons. The van der Waals surface area contributed by atoms with E-state index in [0.29, 0.717) is 0 Å². The van der Waals surface area contributed by atoms with E-state index in [1.54, 1.807) is 0 Å². The third-order valence-corrected chi connectivity index (χ3v) is 6.40. The maximum atomic E-state index is 3.74. The van der Waals surface area contributed by atoms with Gasteiger partial charge >= 0.3 is 0 Å². The Morgan fingerprint density at radius 3 is 1.57 bits per heavy atom. The van der Waals surface area contributed by atoms with Crippen molar-refractivity contribution in [2.24, 2.45) is 11.8 Å². The summed E-state index contributed by atoms with van der Waals surface area (Å²) >= 11 is 0. The van der Waals surface area contributed by atoms with Gasteiger partial charge in [0.15, 0.2) is 0 Å². The highest BCUT2D eigenvalue weighted by Gasteiger charge is 2.21. The molecule has 2 nitrogen and oxygen atoms in total. The molecule has 0 amide bonds. The first-order valence-corrected chi connectivity index (χ1v) is 11.0. The Kier molecular flexibility index (Phi) is 12.0. The van der Waals surface area contributed by atoms with Crippen LogP contribution in [0.1, 0.15) is 59.1 Å². The third kappa shape index (κ3) is 8.23. The lowest BCUT2D eigenvalue weighted by atomic mass is 9.81. The second kappa shape index (κ2) is 13.4. The molecular formula is C26H40Cl2N2. The summed E-state index contributed by atoms with van der Waals surface area (Å²) in [5, 5.41) is 7.47. The first-order valence-electron chi connectivity index (χ1n) is 11.0. The molecule has 30 heavy (non-hydrogen) atoms. The fourth-order valence-electron chi connectivity index (χ4n) is 4.58. The Morgan fingerprint density at radius 2 is 1.13 bits per heavy atom. The van der Waals surface area contributed by atoms with Crippen molar-refractivity contribution in [3.63, 3.8) is 0 Å². The lowest BCUT2D eigenvalue weighted by Crippen LogP contribution is -2.31. The Labute approximate surface area is 196 Å². The minimum atomic E-state index is 0. The van der Waals surface area contributed by atoms with Crippen LogP contribution in [0, 0.1) is 39.5 Å². The van der Waals surface area contributed by atoms with Crippen LogP contribution < -0.4 is 10.6 Å². The molecule has 0 aromatic heterocycles. The average Bonchev–Trinajstić information content (AvgIpc) is 2.68. The van der Waals surface area contributed by atoms with Gasteiger partial charge in [-0.2, -0.15) is 0 Å². The van der Waals surface area contributed by atoms with Crippen molar-refractivity contribution in [3.8, 4) is 0 Å². The molecule has 2 atom stereocenters. The molecular weight excluding hydrogens is 411 g/mol. The highest BCUT2D eigenvalue weighted by molar-refractivity contribution is 5.85. The maximum absolute atomic E-state index is 3.74. The molecule has 0 radical (unpaired) electrons. The number of halogens is 2. The highest BCUT2D eigenvalue weighted by Crippen LogP contribution is 2.28. The molecule has 2 N–H and O–H groups in total. The molecule has 1 saturated carbocycles. The van der Waals surface area contributed by atoms with Gasteiger partial charge in [-0.05, 0) is 94.1 Å². The fraction of sp³-hybridized carbons (Fsp3) is 0.538. The third-order valence-electron chi connectivity index (χ3n) is 6.40. The molecule has 0 saturated heterocycles. The van der Waals surface area contributed by atoms with Crippen LogP contribution in [0.4, 0.5) is 0 Å². The molecule has 1 aliphatic rings. The zero-order valence-electron chi connectivity index (χ0n) is 19.1. The van der Waals surface area contributed by atoms with E-state index in [2.05, 4.69) is 74.7 Å². The molecule has 2 aromatic carbocycles. The molecule has 3 rings (SSSR count). The van der Waals surface area contributed by atoms with Crippen LogP contribution in [0.25, 0.3) is 0 Å². The number of rotatable bonds is 8. The van der Waals surface area contributed by atoms with Crippen molar-refractivity contribution < 1.29 is 0 Å². The van der Waals surface area contributed by atoms with Gasteiger partial charge in [-0.3, -0.25) is 0 Å². The topological polar surface area (TPSA) is 24.1 Å². The van der Waals surface area contributed by atoms with E-state index in [9.17, 15) is 0 Å². The SMILES string of the molecule is Cc1ccc(C)c(CNCC2CCCC(CNCc3cc(C)ccc3C)C2)c1.Cl.Cl. The van der Waals surface area contributed by atoms with E-state index in [1.165, 1.54) is 59.1 Å². The molecule has 0 aliphatic heterocycles. The van der Waals surface area contributed by atoms with Crippen LogP contribution in [0.2, 0.25) is 0 Å². The van der Waals surface area contributed by atoms with Crippen molar-refractivity contribution >= 4 is 24.8 Å². The minimum Gasteiger partial charge on any atom is -0.312 e. The van der Waals surface area contributed by atoms with Gasteiger partial charge in [-0.1, -0.05) is 53.9 Å². The molecule has 1 aliphatic carbocycles. The Bertz CT molecular complexity index is 712. The molecule has 0 spiro atoms. The van der Waals surface area contributed by atoms with Crippen molar-refractivity contribution in [2.75, 3.05) is 13.1 Å². The summed E-state index contributed by atoms with van der Waals surface area (Å²) in [7, 11) is 0. The van der Waals surface area contributed by atoms with Crippen LogP contribution in [0.5, 0.6) is 0 Å². The first-order chi connectivity index (χ1) is 13.5. The number of nitrogens with one attached hydrogen (secondary N) is 2. The number of hydrogen-bond acceptors (Lipinski definition) is 2. The molecule has 0 heterocycles. The van der Waals surface area contributed by atoms with Gasteiger partial charge in [0.25, 0.3) is 0 Å². The van der Waals surface area contributed by atoms with Crippen molar-refractivity contribution in [3.05, 3.63) is 69.8 Å². The first kappa shape index (κ1) is 27.0. The average molecular weight is 452 g/mol. The lowest BCUT2D eigenvalue weighted by Gasteiger charge is -2.29. The van der Waals surface area contributed by atoms with Gasteiger partial charge in [0, 0.05) is 13.1 Å². The molecule has 1 fully saturated rings. The second-order valence-corrected chi connectivity index (χ2v) is 9.02. The second-order valence-electron chi connectivity index (χ2n) is 9.02. The van der Waals surface area contributed by atoms with Crippen molar-refractivity contribution in [2.45, 2.75) is 66.5 Å². The minimum absolute atomic E-state index is 0. The Balaban J connectivity index is 0.00000225. The number of hydrogen-bond donors (Lipinski definition) is 2. The van der Waals surface area contributed by atoms with Crippen LogP contribution in [0.3, 0.4) is 0 Å². The molecule has 0 bridgehead atoms. The van der Waals surface area contributed by atoms with Crippen LogP contribution in [0.15, 0.2) is 36.4 Å². The monoisotopic (exact) mass is 450 g/mol. The molecule has 2 unspecified atom stereocenters. The maximum Gasteiger partial charge on any atom is 0.0208 e. The summed E-state index contributed by atoms with van der Waals surface area (Å²) in [6.45, 7) is 13.1. The zero-order valence-corrected chi connectivity index (χ0v) is 20.7. The molecule has 2 aromatic rings. The summed E-state index contributed by atoms with van der Waals surface area (Å²) in [5.41, 5.74) is 8.40. The Morgan fingerprint density at radius 1 is 0.700 bits per heavy atom. The highest BCUT2D eigenvalue weighted by atomic mass is 35.5. The normalized spacial score (nSPS) is 18.4. The van der Waals surface area contributed by atoms with Crippen LogP contribution in [-0.4, -0.2) is 13.1 Å². The number of benzene rings is 2. The van der Waals surface area contributed by atoms with E-state index in [1.807, 2.05) is 0 Å². The van der Waals surface area contributed by atoms with E-state index in [-0.39, 0.29) is 24.8 Å². The van der Waals surface area contributed by atoms with Gasteiger partial charge in [0.05, 0.1) is 0 Å². The predicted octanol–water partition coefficient (Wildman–Crippen LogP) is 6.45. The lowest BCUT2D eigenvalue weighted by molar-refractivity contribution is 0.252. The van der Waals surface area contributed by atoms with Gasteiger partial charge in [-0.25, -0.2) is 0 Å². The zero-order chi connectivity index (χ0) is 19.9. The van der Waals surface area contributed by atoms with E-state index < -0.39 is 0 Å². The predicted molar refractivity (Wildman–Crippen MR) is 135 cm³/mol. The smallest absolute Gasteiger partial charge is 0.0208 e. The van der Waals surface area contributed by atoms with Gasteiger partial charge < -0.3 is 10.6 Å². The van der Waals surface area contributed by atoms with E-state index >= 15 is 0 Å². The standard InChI is InChI=1S/C26H38N2.2ClH/c1-19-8-10-21(3)25(12-19)17-27-15-23-6-5-7-24(14-23)16-28-18-26-13-20(2)9-11-22(26)4;;/h8-13,23-24,27-28H,5-7,14-18H2,1-4H3;2*1H. The van der Waals surface area contributed by atoms with E-state index in [0.717, 1.165) is 38.0 Å². The number of aryl methyl sites for hydroxylation is 4. The quantitative estimate of drug-likeness (QED) is 0.482. The van der Waals surface area contributed by atoms with Crippen molar-refractivity contribution in [1.29, 1.82) is 0 Å². The van der Waals surface area contributed by atoms with Crippen LogP contribution in [-0.2, 0) is 13.1 Å². The summed E-state index contributed by atoms with van der Waals surface area (Å²) in [5.74, 6) is 1.65. The summed E-state index contributed by atoms with van der Waals surface area (Å²) < 4.78 is 0. The van der Waals surface area contributed by atoms with Gasteiger partial charge in [0.2, 0.25) is 0 Å².